The van der Waals surface area contributed by atoms with Crippen molar-refractivity contribution in [2.75, 3.05) is 11.9 Å². The van der Waals surface area contributed by atoms with Crippen molar-refractivity contribution >= 4 is 22.7 Å². The van der Waals surface area contributed by atoms with Crippen LogP contribution in [0.15, 0.2) is 75.9 Å². The van der Waals surface area contributed by atoms with Gasteiger partial charge in [-0.3, -0.25) is 4.79 Å². The average molecular weight is 417 g/mol. The van der Waals surface area contributed by atoms with Crippen molar-refractivity contribution in [2.24, 2.45) is 0 Å². The Morgan fingerprint density at radius 3 is 2.55 bits per heavy atom. The molecule has 2 aromatic carbocycles. The molecule has 31 heavy (non-hydrogen) atoms. The minimum absolute atomic E-state index is 0.176. The summed E-state index contributed by atoms with van der Waals surface area (Å²) < 4.78 is 12.5. The molecule has 0 aliphatic carbocycles. The van der Waals surface area contributed by atoms with Crippen LogP contribution in [0.5, 0.6) is 5.75 Å². The Kier molecular flexibility index (Phi) is 5.33. The lowest BCUT2D eigenvalue weighted by molar-refractivity contribution is -0.118. The molecule has 158 valence electrons. The number of rotatable bonds is 5. The van der Waals surface area contributed by atoms with Crippen LogP contribution in [-0.2, 0) is 10.2 Å². The predicted molar refractivity (Wildman–Crippen MR) is 119 cm³/mol. The number of benzene rings is 2. The zero-order chi connectivity index (χ0) is 22.0. The Balaban J connectivity index is 1.52. The van der Waals surface area contributed by atoms with Gasteiger partial charge in [0.25, 0.3) is 5.91 Å². The first-order valence-electron chi connectivity index (χ1n) is 9.92. The summed E-state index contributed by atoms with van der Waals surface area (Å²) in [4.78, 5) is 24.0. The van der Waals surface area contributed by atoms with Gasteiger partial charge in [0, 0.05) is 29.0 Å². The van der Waals surface area contributed by atoms with E-state index in [1.807, 2.05) is 36.4 Å². The molecular formula is C24H23N3O4. The maximum absolute atomic E-state index is 12.6. The minimum Gasteiger partial charge on any atom is -0.484 e. The number of para-hydroxylation sites is 1. The quantitative estimate of drug-likeness (QED) is 0.490. The van der Waals surface area contributed by atoms with E-state index in [9.17, 15) is 9.59 Å². The Hall–Kier alpha value is -3.87. The summed E-state index contributed by atoms with van der Waals surface area (Å²) in [6, 6.07) is 19.6. The zero-order valence-corrected chi connectivity index (χ0v) is 17.6. The van der Waals surface area contributed by atoms with Gasteiger partial charge in [-0.2, -0.15) is 5.10 Å². The van der Waals surface area contributed by atoms with Crippen molar-refractivity contribution in [2.45, 2.75) is 26.2 Å². The molecule has 2 aromatic heterocycles. The van der Waals surface area contributed by atoms with Crippen molar-refractivity contribution in [3.63, 3.8) is 0 Å². The van der Waals surface area contributed by atoms with Gasteiger partial charge >= 0.3 is 5.63 Å². The van der Waals surface area contributed by atoms with E-state index in [2.05, 4.69) is 31.2 Å². The van der Waals surface area contributed by atoms with E-state index in [4.69, 9.17) is 9.15 Å². The van der Waals surface area contributed by atoms with Gasteiger partial charge in [0.15, 0.2) is 6.61 Å². The number of nitrogens with one attached hydrogen (secondary N) is 1. The van der Waals surface area contributed by atoms with Gasteiger partial charge in [0.2, 0.25) is 0 Å². The highest BCUT2D eigenvalue weighted by Crippen LogP contribution is 2.26. The number of ether oxygens (including phenoxy) is 1. The lowest BCUT2D eigenvalue weighted by Gasteiger charge is -2.14. The van der Waals surface area contributed by atoms with E-state index in [1.165, 1.54) is 6.07 Å². The molecule has 0 saturated heterocycles. The van der Waals surface area contributed by atoms with Crippen LogP contribution in [-0.4, -0.2) is 22.3 Å². The predicted octanol–water partition coefficient (Wildman–Crippen LogP) is 4.29. The summed E-state index contributed by atoms with van der Waals surface area (Å²) in [7, 11) is 0. The van der Waals surface area contributed by atoms with Crippen LogP contribution in [0.3, 0.4) is 0 Å². The van der Waals surface area contributed by atoms with E-state index >= 15 is 0 Å². The fourth-order valence-corrected chi connectivity index (χ4v) is 3.06. The molecule has 0 spiro atoms. The Morgan fingerprint density at radius 2 is 1.81 bits per heavy atom. The van der Waals surface area contributed by atoms with Gasteiger partial charge < -0.3 is 14.5 Å². The summed E-state index contributed by atoms with van der Waals surface area (Å²) in [6.45, 7) is 6.00. The molecule has 7 heteroatoms. The zero-order valence-electron chi connectivity index (χ0n) is 17.6. The number of hydrogen-bond donors (Lipinski definition) is 1. The van der Waals surface area contributed by atoms with Crippen molar-refractivity contribution < 1.29 is 13.9 Å². The molecule has 0 fully saturated rings. The van der Waals surface area contributed by atoms with Crippen LogP contribution in [0, 0.1) is 0 Å². The largest absolute Gasteiger partial charge is 0.484 e. The second-order valence-electron chi connectivity index (χ2n) is 8.20. The van der Waals surface area contributed by atoms with Gasteiger partial charge in [-0.1, -0.05) is 39.0 Å². The summed E-state index contributed by atoms with van der Waals surface area (Å²) >= 11 is 0. The molecule has 0 aliphatic heterocycles. The fourth-order valence-electron chi connectivity index (χ4n) is 3.06. The van der Waals surface area contributed by atoms with Crippen LogP contribution in [0.2, 0.25) is 0 Å². The monoisotopic (exact) mass is 417 g/mol. The van der Waals surface area contributed by atoms with E-state index in [0.717, 1.165) is 16.8 Å². The normalized spacial score (nSPS) is 11.5. The van der Waals surface area contributed by atoms with Gasteiger partial charge in [-0.25, -0.2) is 9.48 Å². The Labute approximate surface area is 179 Å². The van der Waals surface area contributed by atoms with Crippen LogP contribution in [0.4, 0.5) is 5.82 Å². The van der Waals surface area contributed by atoms with Crippen molar-refractivity contribution in [1.82, 2.24) is 9.78 Å². The third kappa shape index (κ3) is 4.66. The Morgan fingerprint density at radius 1 is 1.06 bits per heavy atom. The molecule has 2 heterocycles. The summed E-state index contributed by atoms with van der Waals surface area (Å²) in [5.74, 6) is 0.672. The van der Waals surface area contributed by atoms with Crippen LogP contribution in [0.1, 0.15) is 26.5 Å². The molecule has 0 radical (unpaired) electrons. The van der Waals surface area contributed by atoms with Gasteiger partial charge in [0.1, 0.15) is 17.2 Å². The third-order valence-electron chi connectivity index (χ3n) is 4.71. The maximum atomic E-state index is 12.6. The molecule has 4 aromatic rings. The fraction of sp³-hybridized carbons (Fsp3) is 0.208. The molecule has 0 aliphatic rings. The average Bonchev–Trinajstić information content (AvgIpc) is 3.17. The molecule has 4 rings (SSSR count). The first-order chi connectivity index (χ1) is 14.8. The molecular weight excluding hydrogens is 394 g/mol. The standard InChI is InChI=1S/C24H23N3O4/c1-24(2,3)20-14-21(27(26-20)17-7-5-4-6-8-17)25-22(28)15-30-18-11-9-16-10-12-23(29)31-19(16)13-18/h4-14H,15H2,1-3H3,(H,25,28). The summed E-state index contributed by atoms with van der Waals surface area (Å²) in [5.41, 5.74) is 1.50. The second-order valence-corrected chi connectivity index (χ2v) is 8.20. The van der Waals surface area contributed by atoms with Gasteiger partial charge in [-0.15, -0.1) is 0 Å². The van der Waals surface area contributed by atoms with Crippen molar-refractivity contribution in [3.05, 3.63) is 82.8 Å². The van der Waals surface area contributed by atoms with E-state index < -0.39 is 5.63 Å². The lowest BCUT2D eigenvalue weighted by atomic mass is 9.92. The molecule has 0 unspecified atom stereocenters. The van der Waals surface area contributed by atoms with Crippen LogP contribution in [0.25, 0.3) is 16.7 Å². The third-order valence-corrected chi connectivity index (χ3v) is 4.71. The van der Waals surface area contributed by atoms with Crippen molar-refractivity contribution in [3.8, 4) is 11.4 Å². The molecule has 7 nitrogen and oxygen atoms in total. The number of aromatic nitrogens is 2. The van der Waals surface area contributed by atoms with Crippen LogP contribution < -0.4 is 15.7 Å². The number of nitrogens with zero attached hydrogens (tertiary/aromatic N) is 2. The SMILES string of the molecule is CC(C)(C)c1cc(NC(=O)COc2ccc3ccc(=O)oc3c2)n(-c2ccccc2)n1. The Bertz CT molecular complexity index is 1280. The van der Waals surface area contributed by atoms with Gasteiger partial charge in [0.05, 0.1) is 11.4 Å². The van der Waals surface area contributed by atoms with E-state index in [-0.39, 0.29) is 17.9 Å². The first kappa shape index (κ1) is 20.4. The first-order valence-corrected chi connectivity index (χ1v) is 9.92. The number of fused-ring (bicyclic) bond motifs is 1. The highest BCUT2D eigenvalue weighted by Gasteiger charge is 2.21. The maximum Gasteiger partial charge on any atom is 0.336 e. The topological polar surface area (TPSA) is 86.4 Å². The van der Waals surface area contributed by atoms with Crippen molar-refractivity contribution in [1.29, 1.82) is 0 Å². The molecule has 0 saturated carbocycles. The second kappa shape index (κ2) is 8.10. The molecule has 0 bridgehead atoms. The molecule has 0 atom stereocenters. The lowest BCUT2D eigenvalue weighted by Crippen LogP contribution is -2.21. The number of carbonyl (C=O) groups excluding carboxylic acids is 1. The summed E-state index contributed by atoms with van der Waals surface area (Å²) in [6.07, 6.45) is 0. The van der Waals surface area contributed by atoms with E-state index in [1.54, 1.807) is 28.9 Å². The smallest absolute Gasteiger partial charge is 0.336 e. The highest BCUT2D eigenvalue weighted by molar-refractivity contribution is 5.91. The number of amides is 1. The number of anilines is 1. The highest BCUT2D eigenvalue weighted by atomic mass is 16.5. The van der Waals surface area contributed by atoms with Crippen LogP contribution >= 0.6 is 0 Å². The molecule has 1 N–H and O–H groups in total. The summed E-state index contributed by atoms with van der Waals surface area (Å²) in [5, 5.41) is 8.34. The molecule has 1 amide bonds. The van der Waals surface area contributed by atoms with Gasteiger partial charge in [-0.05, 0) is 30.3 Å². The minimum atomic E-state index is -0.439. The number of carbonyl (C=O) groups is 1. The van der Waals surface area contributed by atoms with E-state index in [0.29, 0.717) is 17.2 Å². The number of hydrogen-bond acceptors (Lipinski definition) is 5.